The van der Waals surface area contributed by atoms with Crippen LogP contribution < -0.4 is 0 Å². The molecule has 0 aromatic heterocycles. The number of esters is 2. The number of halogens is 1. The second-order valence-electron chi connectivity index (χ2n) is 8.77. The predicted molar refractivity (Wildman–Crippen MR) is 105 cm³/mol. The van der Waals surface area contributed by atoms with E-state index in [4.69, 9.17) is 25.8 Å². The first-order chi connectivity index (χ1) is 14.0. The van der Waals surface area contributed by atoms with E-state index in [2.05, 4.69) is 6.08 Å². The van der Waals surface area contributed by atoms with Crippen LogP contribution in [0.1, 0.15) is 24.8 Å². The summed E-state index contributed by atoms with van der Waals surface area (Å²) < 4.78 is 16.8. The first-order valence-corrected chi connectivity index (χ1v) is 10.4. The van der Waals surface area contributed by atoms with Crippen molar-refractivity contribution < 1.29 is 23.8 Å². The van der Waals surface area contributed by atoms with Gasteiger partial charge in [-0.1, -0.05) is 29.8 Å². The lowest BCUT2D eigenvalue weighted by molar-refractivity contribution is -0.140. The number of carbonyl (C=O) groups is 2. The lowest BCUT2D eigenvalue weighted by Crippen LogP contribution is -2.42. The molecular formula is C23H21ClO5. The van der Waals surface area contributed by atoms with Crippen molar-refractivity contribution in [2.45, 2.75) is 30.5 Å². The molecule has 0 amide bonds. The van der Waals surface area contributed by atoms with Crippen LogP contribution in [0.2, 0.25) is 5.02 Å². The SMILES string of the molecule is COC(=O)C1=C(C(=O)OC)[C@H]2C(=Cc3ccc(Cl)cc3)[C@H]1[C@]13O[C@@]21[C@H]1CC[C@H]3C1. The number of carbonyl (C=O) groups excluding carboxylic acids is 2. The maximum Gasteiger partial charge on any atom is 0.335 e. The van der Waals surface area contributed by atoms with Gasteiger partial charge in [0.25, 0.3) is 0 Å². The van der Waals surface area contributed by atoms with E-state index in [1.165, 1.54) is 14.2 Å². The number of ether oxygens (including phenoxy) is 3. The van der Waals surface area contributed by atoms with Gasteiger partial charge < -0.3 is 14.2 Å². The molecule has 1 saturated heterocycles. The zero-order valence-corrected chi connectivity index (χ0v) is 17.0. The first-order valence-electron chi connectivity index (χ1n) is 10.1. The second kappa shape index (κ2) is 5.52. The Hall–Kier alpha value is -2.11. The van der Waals surface area contributed by atoms with Crippen molar-refractivity contribution in [3.8, 4) is 0 Å². The highest BCUT2D eigenvalue weighted by molar-refractivity contribution is 6.30. The van der Waals surface area contributed by atoms with E-state index in [-0.39, 0.29) is 23.0 Å². The highest BCUT2D eigenvalue weighted by Gasteiger charge is 2.94. The molecule has 4 aliphatic carbocycles. The van der Waals surface area contributed by atoms with Crippen LogP contribution in [0.25, 0.3) is 6.08 Å². The van der Waals surface area contributed by atoms with Gasteiger partial charge in [0.15, 0.2) is 0 Å². The molecule has 0 spiro atoms. The third kappa shape index (κ3) is 1.83. The van der Waals surface area contributed by atoms with Crippen molar-refractivity contribution >= 4 is 29.6 Å². The van der Waals surface area contributed by atoms with Crippen molar-refractivity contribution in [1.29, 1.82) is 0 Å². The summed E-state index contributed by atoms with van der Waals surface area (Å²) in [6, 6.07) is 7.60. The summed E-state index contributed by atoms with van der Waals surface area (Å²) in [6.45, 7) is 0. The van der Waals surface area contributed by atoms with E-state index in [9.17, 15) is 9.59 Å². The van der Waals surface area contributed by atoms with Gasteiger partial charge in [0.2, 0.25) is 0 Å². The Labute approximate surface area is 173 Å². The molecule has 5 nitrogen and oxygen atoms in total. The van der Waals surface area contributed by atoms with E-state index in [1.54, 1.807) is 0 Å². The number of rotatable bonds is 3. The fourth-order valence-electron chi connectivity index (χ4n) is 7.19. The number of benzene rings is 1. The summed E-state index contributed by atoms with van der Waals surface area (Å²) in [6.07, 6.45) is 5.45. The van der Waals surface area contributed by atoms with Gasteiger partial charge in [-0.2, -0.15) is 0 Å². The molecule has 3 saturated carbocycles. The Morgan fingerprint density at radius 2 is 1.52 bits per heavy atom. The zero-order valence-electron chi connectivity index (χ0n) is 16.2. The normalized spacial score (nSPS) is 40.0. The summed E-state index contributed by atoms with van der Waals surface area (Å²) >= 11 is 6.05. The summed E-state index contributed by atoms with van der Waals surface area (Å²) in [5.74, 6) is -0.563. The topological polar surface area (TPSA) is 65.1 Å². The third-order valence-corrected chi connectivity index (χ3v) is 8.21. The maximum absolute atomic E-state index is 12.8. The van der Waals surface area contributed by atoms with Crippen LogP contribution >= 0.6 is 11.6 Å². The minimum Gasteiger partial charge on any atom is -0.466 e. The van der Waals surface area contributed by atoms with E-state index >= 15 is 0 Å². The lowest BCUT2D eigenvalue weighted by atomic mass is 9.69. The van der Waals surface area contributed by atoms with Crippen molar-refractivity contribution in [2.24, 2.45) is 23.7 Å². The van der Waals surface area contributed by atoms with Gasteiger partial charge in [-0.05, 0) is 54.4 Å². The van der Waals surface area contributed by atoms with Crippen molar-refractivity contribution in [1.82, 2.24) is 0 Å². The fourth-order valence-corrected chi connectivity index (χ4v) is 7.31. The molecule has 1 aliphatic heterocycles. The van der Waals surface area contributed by atoms with Crippen LogP contribution in [-0.4, -0.2) is 37.4 Å². The van der Waals surface area contributed by atoms with Gasteiger partial charge in [-0.15, -0.1) is 0 Å². The second-order valence-corrected chi connectivity index (χ2v) is 9.20. The standard InChI is InChI=1S/C23H21ClO5/c1-27-20(25)16-17(21(26)28-2)19-15(9-11-3-7-14(24)8-4-11)18(16)22-12-5-6-13(10-12)23(19,22)29-22/h3-4,7-9,12-13,18-19H,5-6,10H2,1-2H3/t12-,13-,18+,19+,22-,23-/m0/s1. The Morgan fingerprint density at radius 1 is 1.00 bits per heavy atom. The van der Waals surface area contributed by atoms with Crippen molar-refractivity contribution in [3.05, 3.63) is 51.6 Å². The van der Waals surface area contributed by atoms with Crippen LogP contribution in [0.5, 0.6) is 0 Å². The van der Waals surface area contributed by atoms with Gasteiger partial charge >= 0.3 is 11.9 Å². The molecule has 6 rings (SSSR count). The number of epoxide rings is 1. The molecular weight excluding hydrogens is 392 g/mol. The van der Waals surface area contributed by atoms with Crippen molar-refractivity contribution in [2.75, 3.05) is 14.2 Å². The number of hydrogen-bond acceptors (Lipinski definition) is 5. The third-order valence-electron chi connectivity index (χ3n) is 7.96. The smallest absolute Gasteiger partial charge is 0.335 e. The Kier molecular flexibility index (Phi) is 3.38. The Morgan fingerprint density at radius 3 is 2.00 bits per heavy atom. The summed E-state index contributed by atoms with van der Waals surface area (Å²) in [4.78, 5) is 25.7. The summed E-state index contributed by atoms with van der Waals surface area (Å²) in [7, 11) is 2.72. The van der Waals surface area contributed by atoms with Crippen LogP contribution in [-0.2, 0) is 23.8 Å². The molecule has 0 unspecified atom stereocenters. The number of methoxy groups -OCH3 is 2. The fraction of sp³-hybridized carbons (Fsp3) is 0.478. The molecule has 6 atom stereocenters. The monoisotopic (exact) mass is 412 g/mol. The van der Waals surface area contributed by atoms with Gasteiger partial charge in [0.1, 0.15) is 11.2 Å². The molecule has 150 valence electrons. The average Bonchev–Trinajstić information content (AvgIpc) is 3.03. The largest absolute Gasteiger partial charge is 0.466 e. The quantitative estimate of drug-likeness (QED) is 0.561. The van der Waals surface area contributed by atoms with Gasteiger partial charge in [-0.3, -0.25) is 0 Å². The minimum absolute atomic E-state index is 0.250. The predicted octanol–water partition coefficient (Wildman–Crippen LogP) is 3.56. The molecule has 1 aromatic carbocycles. The average molecular weight is 413 g/mol. The molecule has 1 aromatic rings. The van der Waals surface area contributed by atoms with E-state index in [1.807, 2.05) is 24.3 Å². The minimum atomic E-state index is -0.457. The highest BCUT2D eigenvalue weighted by atomic mass is 35.5. The number of hydrogen-bond donors (Lipinski definition) is 0. The van der Waals surface area contributed by atoms with E-state index < -0.39 is 11.9 Å². The van der Waals surface area contributed by atoms with Gasteiger partial charge in [-0.25, -0.2) is 9.59 Å². The first kappa shape index (κ1) is 17.7. The van der Waals surface area contributed by atoms with Crippen LogP contribution in [0, 0.1) is 23.7 Å². The van der Waals surface area contributed by atoms with Crippen LogP contribution in [0.3, 0.4) is 0 Å². The Bertz CT molecular complexity index is 970. The molecule has 0 radical (unpaired) electrons. The molecule has 4 fully saturated rings. The molecule has 4 bridgehead atoms. The van der Waals surface area contributed by atoms with Gasteiger partial charge in [0.05, 0.1) is 25.4 Å². The Balaban J connectivity index is 1.57. The van der Waals surface area contributed by atoms with Gasteiger partial charge in [0, 0.05) is 16.9 Å². The molecule has 5 aliphatic rings. The van der Waals surface area contributed by atoms with Crippen molar-refractivity contribution in [3.63, 3.8) is 0 Å². The zero-order chi connectivity index (χ0) is 20.1. The maximum atomic E-state index is 12.8. The molecule has 0 N–H and O–H groups in total. The number of fused-ring (bicyclic) bond motifs is 4. The van der Waals surface area contributed by atoms with Crippen LogP contribution in [0.15, 0.2) is 41.0 Å². The van der Waals surface area contributed by atoms with E-state index in [0.717, 1.165) is 30.4 Å². The highest BCUT2D eigenvalue weighted by Crippen LogP contribution is 2.86. The summed E-state index contributed by atoms with van der Waals surface area (Å²) in [5.41, 5.74) is 2.22. The molecule has 29 heavy (non-hydrogen) atoms. The summed E-state index contributed by atoms with van der Waals surface area (Å²) in [5, 5.41) is 0.670. The molecule has 1 heterocycles. The van der Waals surface area contributed by atoms with Crippen LogP contribution in [0.4, 0.5) is 0 Å². The van der Waals surface area contributed by atoms with E-state index in [0.29, 0.717) is 28.0 Å². The molecule has 6 heteroatoms. The lowest BCUT2D eigenvalue weighted by Gasteiger charge is -2.29.